The summed E-state index contributed by atoms with van der Waals surface area (Å²) in [6.45, 7) is 6.86. The van der Waals surface area contributed by atoms with Crippen LogP contribution >= 0.6 is 11.3 Å². The second-order valence-corrected chi connectivity index (χ2v) is 6.53. The summed E-state index contributed by atoms with van der Waals surface area (Å²) in [5.41, 5.74) is 0. The number of likely N-dealkylation sites (N-methyl/N-ethyl adjacent to an activating group) is 1. The number of nitrogens with one attached hydrogen (secondary N) is 1. The summed E-state index contributed by atoms with van der Waals surface area (Å²) in [6.07, 6.45) is 4.07. The molecule has 3 heteroatoms. The monoisotopic (exact) mass is 252 g/mol. The van der Waals surface area contributed by atoms with Crippen LogP contribution in [-0.4, -0.2) is 31.1 Å². The van der Waals surface area contributed by atoms with Gasteiger partial charge < -0.3 is 5.32 Å². The van der Waals surface area contributed by atoms with Crippen molar-refractivity contribution in [2.24, 2.45) is 0 Å². The van der Waals surface area contributed by atoms with Gasteiger partial charge >= 0.3 is 0 Å². The number of hydrogen-bond acceptors (Lipinski definition) is 3. The number of nitrogens with zero attached hydrogens (tertiary/aromatic N) is 1. The van der Waals surface area contributed by atoms with E-state index in [0.717, 1.165) is 6.54 Å². The molecule has 1 fully saturated rings. The highest BCUT2D eigenvalue weighted by molar-refractivity contribution is 7.12. The molecule has 2 nitrogen and oxygen atoms in total. The lowest BCUT2D eigenvalue weighted by Crippen LogP contribution is -2.42. The molecule has 1 N–H and O–H groups in total. The lowest BCUT2D eigenvalue weighted by atomic mass is 10.0. The molecule has 0 aliphatic carbocycles. The van der Waals surface area contributed by atoms with Gasteiger partial charge in [0.25, 0.3) is 0 Å². The van der Waals surface area contributed by atoms with Crippen LogP contribution in [0, 0.1) is 6.92 Å². The lowest BCUT2D eigenvalue weighted by Gasteiger charge is -2.31. The molecule has 0 saturated carbocycles. The summed E-state index contributed by atoms with van der Waals surface area (Å²) in [5.74, 6) is 0. The zero-order valence-corrected chi connectivity index (χ0v) is 12.0. The Morgan fingerprint density at radius 1 is 1.47 bits per heavy atom. The molecule has 0 bridgehead atoms. The predicted molar refractivity (Wildman–Crippen MR) is 75.7 cm³/mol. The molecule has 1 aromatic rings. The fourth-order valence-electron chi connectivity index (χ4n) is 2.48. The minimum atomic E-state index is 0.539. The fraction of sp³-hybridized carbons (Fsp3) is 0.714. The average Bonchev–Trinajstić information content (AvgIpc) is 2.76. The van der Waals surface area contributed by atoms with Crippen LogP contribution in [-0.2, 0) is 0 Å². The van der Waals surface area contributed by atoms with Gasteiger partial charge in [-0.15, -0.1) is 11.3 Å². The van der Waals surface area contributed by atoms with E-state index in [1.807, 2.05) is 11.3 Å². The molecule has 2 heterocycles. The predicted octanol–water partition coefficient (Wildman–Crippen LogP) is 3.19. The second-order valence-electron chi connectivity index (χ2n) is 5.21. The van der Waals surface area contributed by atoms with Gasteiger partial charge in [-0.3, -0.25) is 4.90 Å². The van der Waals surface area contributed by atoms with Crippen LogP contribution in [0.5, 0.6) is 0 Å². The molecular weight excluding hydrogens is 228 g/mol. The summed E-state index contributed by atoms with van der Waals surface area (Å²) in [7, 11) is 2.25. The fourth-order valence-corrected chi connectivity index (χ4v) is 3.48. The molecule has 2 unspecified atom stereocenters. The standard InChI is InChI=1S/C14H24N2S/c1-11-7-8-14(17-11)12(2)16(3)10-13-6-4-5-9-15-13/h7-8,12-13,15H,4-6,9-10H2,1-3H3. The summed E-state index contributed by atoms with van der Waals surface area (Å²) >= 11 is 1.92. The minimum Gasteiger partial charge on any atom is -0.313 e. The second kappa shape index (κ2) is 5.98. The third kappa shape index (κ3) is 3.54. The summed E-state index contributed by atoms with van der Waals surface area (Å²) < 4.78 is 0. The van der Waals surface area contributed by atoms with Crippen molar-refractivity contribution in [2.75, 3.05) is 20.1 Å². The molecule has 2 atom stereocenters. The molecule has 1 aromatic heterocycles. The van der Waals surface area contributed by atoms with E-state index in [-0.39, 0.29) is 0 Å². The van der Waals surface area contributed by atoms with E-state index in [1.54, 1.807) is 0 Å². The third-order valence-corrected chi connectivity index (χ3v) is 4.93. The van der Waals surface area contributed by atoms with Crippen LogP contribution < -0.4 is 5.32 Å². The Morgan fingerprint density at radius 2 is 2.29 bits per heavy atom. The van der Waals surface area contributed by atoms with Gasteiger partial charge in [-0.1, -0.05) is 6.42 Å². The van der Waals surface area contributed by atoms with E-state index in [0.29, 0.717) is 12.1 Å². The molecular formula is C14H24N2S. The summed E-state index contributed by atoms with van der Waals surface area (Å²) in [5, 5.41) is 3.62. The Labute approximate surface area is 109 Å². The van der Waals surface area contributed by atoms with Gasteiger partial charge in [0.2, 0.25) is 0 Å². The number of hydrogen-bond donors (Lipinski definition) is 1. The average molecular weight is 252 g/mol. The van der Waals surface area contributed by atoms with Crippen molar-refractivity contribution in [3.63, 3.8) is 0 Å². The summed E-state index contributed by atoms with van der Waals surface area (Å²) in [6, 6.07) is 5.73. The first kappa shape index (κ1) is 13.1. The Morgan fingerprint density at radius 3 is 2.88 bits per heavy atom. The van der Waals surface area contributed by atoms with Crippen LogP contribution in [0.15, 0.2) is 12.1 Å². The number of piperidine rings is 1. The van der Waals surface area contributed by atoms with E-state index < -0.39 is 0 Å². The maximum atomic E-state index is 3.62. The van der Waals surface area contributed by atoms with E-state index in [2.05, 4.69) is 43.2 Å². The van der Waals surface area contributed by atoms with Crippen molar-refractivity contribution in [1.82, 2.24) is 10.2 Å². The number of aryl methyl sites for hydroxylation is 1. The highest BCUT2D eigenvalue weighted by atomic mass is 32.1. The lowest BCUT2D eigenvalue weighted by molar-refractivity contribution is 0.217. The van der Waals surface area contributed by atoms with Crippen molar-refractivity contribution < 1.29 is 0 Å². The Hall–Kier alpha value is -0.380. The van der Waals surface area contributed by atoms with E-state index >= 15 is 0 Å². The van der Waals surface area contributed by atoms with E-state index in [9.17, 15) is 0 Å². The van der Waals surface area contributed by atoms with Gasteiger partial charge in [0.05, 0.1) is 0 Å². The Bertz CT molecular complexity index is 342. The molecule has 0 radical (unpaired) electrons. The first-order chi connectivity index (χ1) is 8.16. The Balaban J connectivity index is 1.88. The van der Waals surface area contributed by atoms with Crippen molar-refractivity contribution in [3.8, 4) is 0 Å². The highest BCUT2D eigenvalue weighted by Gasteiger charge is 2.19. The summed E-state index contributed by atoms with van der Waals surface area (Å²) in [4.78, 5) is 5.38. The SMILES string of the molecule is Cc1ccc(C(C)N(C)CC2CCCCN2)s1. The number of rotatable bonds is 4. The van der Waals surface area contributed by atoms with Gasteiger partial charge in [0.15, 0.2) is 0 Å². The van der Waals surface area contributed by atoms with Crippen molar-refractivity contribution in [1.29, 1.82) is 0 Å². The van der Waals surface area contributed by atoms with Crippen molar-refractivity contribution in [3.05, 3.63) is 21.9 Å². The molecule has 17 heavy (non-hydrogen) atoms. The van der Waals surface area contributed by atoms with Crippen LogP contribution in [0.1, 0.15) is 42.0 Å². The molecule has 0 amide bonds. The van der Waals surface area contributed by atoms with Crippen LogP contribution in [0.2, 0.25) is 0 Å². The quantitative estimate of drug-likeness (QED) is 0.885. The smallest absolute Gasteiger partial charge is 0.0411 e. The molecule has 0 spiro atoms. The van der Waals surface area contributed by atoms with Gasteiger partial charge in [0, 0.05) is 28.4 Å². The van der Waals surface area contributed by atoms with Crippen LogP contribution in [0.25, 0.3) is 0 Å². The van der Waals surface area contributed by atoms with Gasteiger partial charge in [-0.25, -0.2) is 0 Å². The first-order valence-corrected chi connectivity index (χ1v) is 7.48. The molecule has 1 aliphatic rings. The zero-order chi connectivity index (χ0) is 12.3. The van der Waals surface area contributed by atoms with Crippen LogP contribution in [0.3, 0.4) is 0 Å². The van der Waals surface area contributed by atoms with Gasteiger partial charge in [0.1, 0.15) is 0 Å². The Kier molecular flexibility index (Phi) is 4.60. The first-order valence-electron chi connectivity index (χ1n) is 6.67. The van der Waals surface area contributed by atoms with Gasteiger partial charge in [-0.05, 0) is 52.4 Å². The third-order valence-electron chi connectivity index (χ3n) is 3.75. The maximum Gasteiger partial charge on any atom is 0.0411 e. The molecule has 2 rings (SSSR count). The number of thiophene rings is 1. The van der Waals surface area contributed by atoms with E-state index in [4.69, 9.17) is 0 Å². The van der Waals surface area contributed by atoms with Crippen molar-refractivity contribution >= 4 is 11.3 Å². The largest absolute Gasteiger partial charge is 0.313 e. The zero-order valence-electron chi connectivity index (χ0n) is 11.2. The maximum absolute atomic E-state index is 3.62. The van der Waals surface area contributed by atoms with Crippen LogP contribution in [0.4, 0.5) is 0 Å². The van der Waals surface area contributed by atoms with Crippen molar-refractivity contribution in [2.45, 2.75) is 45.2 Å². The molecule has 96 valence electrons. The molecule has 1 saturated heterocycles. The molecule has 1 aliphatic heterocycles. The van der Waals surface area contributed by atoms with E-state index in [1.165, 1.54) is 35.6 Å². The molecule has 0 aromatic carbocycles. The minimum absolute atomic E-state index is 0.539. The normalized spacial score (nSPS) is 22.9. The topological polar surface area (TPSA) is 15.3 Å². The highest BCUT2D eigenvalue weighted by Crippen LogP contribution is 2.26. The van der Waals surface area contributed by atoms with Gasteiger partial charge in [-0.2, -0.15) is 0 Å².